The van der Waals surface area contributed by atoms with Crippen molar-refractivity contribution < 1.29 is 9.59 Å². The number of thiophene rings is 1. The van der Waals surface area contributed by atoms with E-state index in [9.17, 15) is 9.59 Å². The van der Waals surface area contributed by atoms with Crippen LogP contribution in [0.2, 0.25) is 0 Å². The predicted octanol–water partition coefficient (Wildman–Crippen LogP) is 2.02. The van der Waals surface area contributed by atoms with Crippen LogP contribution in [0.4, 0.5) is 0 Å². The van der Waals surface area contributed by atoms with Crippen molar-refractivity contribution in [2.75, 3.05) is 20.6 Å². The summed E-state index contributed by atoms with van der Waals surface area (Å²) in [7, 11) is 3.97. The highest BCUT2D eigenvalue weighted by Crippen LogP contribution is 2.22. The SMILES string of the molecule is CC(NC(=O)C(C)(C)C)C(=O)NCC(c1cccs1)N(C)C. The van der Waals surface area contributed by atoms with Crippen LogP contribution in [0.15, 0.2) is 17.5 Å². The maximum absolute atomic E-state index is 12.2. The fraction of sp³-hybridized carbons (Fsp3) is 0.625. The van der Waals surface area contributed by atoms with Crippen molar-refractivity contribution in [1.82, 2.24) is 15.5 Å². The van der Waals surface area contributed by atoms with E-state index < -0.39 is 11.5 Å². The first-order chi connectivity index (χ1) is 10.1. The van der Waals surface area contributed by atoms with E-state index in [1.807, 2.05) is 46.3 Å². The first kappa shape index (κ1) is 18.6. The number of carbonyl (C=O) groups is 2. The van der Waals surface area contributed by atoms with Crippen LogP contribution in [0.1, 0.15) is 38.6 Å². The summed E-state index contributed by atoms with van der Waals surface area (Å²) in [6.45, 7) is 7.69. The van der Waals surface area contributed by atoms with Crippen molar-refractivity contribution in [2.24, 2.45) is 5.41 Å². The van der Waals surface area contributed by atoms with E-state index in [0.29, 0.717) is 6.54 Å². The molecule has 22 heavy (non-hydrogen) atoms. The molecule has 5 nitrogen and oxygen atoms in total. The first-order valence-corrected chi connectivity index (χ1v) is 8.29. The van der Waals surface area contributed by atoms with E-state index in [-0.39, 0.29) is 17.9 Å². The first-order valence-electron chi connectivity index (χ1n) is 7.41. The second-order valence-electron chi connectivity index (χ2n) is 6.69. The van der Waals surface area contributed by atoms with Crippen LogP contribution >= 0.6 is 11.3 Å². The minimum atomic E-state index is -0.544. The van der Waals surface area contributed by atoms with Gasteiger partial charge in [-0.25, -0.2) is 0 Å². The highest BCUT2D eigenvalue weighted by Gasteiger charge is 2.25. The molecule has 1 aromatic heterocycles. The molecule has 0 radical (unpaired) electrons. The summed E-state index contributed by atoms with van der Waals surface area (Å²) in [5.74, 6) is -0.293. The van der Waals surface area contributed by atoms with Crippen molar-refractivity contribution in [1.29, 1.82) is 0 Å². The second kappa shape index (κ2) is 7.74. The van der Waals surface area contributed by atoms with Crippen LogP contribution in [0, 0.1) is 5.41 Å². The Balaban J connectivity index is 2.55. The van der Waals surface area contributed by atoms with E-state index >= 15 is 0 Å². The van der Waals surface area contributed by atoms with Gasteiger partial charge in [0.25, 0.3) is 0 Å². The summed E-state index contributed by atoms with van der Waals surface area (Å²) in [6, 6.07) is 3.66. The number of amides is 2. The van der Waals surface area contributed by atoms with Crippen LogP contribution in [0.25, 0.3) is 0 Å². The number of hydrogen-bond donors (Lipinski definition) is 2. The Hall–Kier alpha value is -1.40. The van der Waals surface area contributed by atoms with Crippen LogP contribution in [-0.4, -0.2) is 43.4 Å². The van der Waals surface area contributed by atoms with Crippen molar-refractivity contribution in [3.8, 4) is 0 Å². The molecule has 0 saturated carbocycles. The molecule has 1 aromatic rings. The Labute approximate surface area is 137 Å². The Morgan fingerprint density at radius 2 is 1.95 bits per heavy atom. The van der Waals surface area contributed by atoms with Crippen LogP contribution in [0.5, 0.6) is 0 Å². The third-order valence-corrected chi connectivity index (χ3v) is 4.36. The van der Waals surface area contributed by atoms with Gasteiger partial charge in [-0.05, 0) is 32.5 Å². The van der Waals surface area contributed by atoms with Gasteiger partial charge in [0.1, 0.15) is 6.04 Å². The number of likely N-dealkylation sites (N-methyl/N-ethyl adjacent to an activating group) is 1. The van der Waals surface area contributed by atoms with Crippen molar-refractivity contribution in [3.63, 3.8) is 0 Å². The van der Waals surface area contributed by atoms with Gasteiger partial charge in [-0.3, -0.25) is 9.59 Å². The number of carbonyl (C=O) groups excluding carboxylic acids is 2. The van der Waals surface area contributed by atoms with Gasteiger partial charge in [-0.1, -0.05) is 26.8 Å². The molecule has 1 heterocycles. The summed E-state index contributed by atoms with van der Waals surface area (Å²) >= 11 is 1.67. The van der Waals surface area contributed by atoms with E-state index in [2.05, 4.69) is 21.6 Å². The lowest BCUT2D eigenvalue weighted by atomic mass is 9.95. The molecule has 2 unspecified atom stereocenters. The highest BCUT2D eigenvalue weighted by molar-refractivity contribution is 7.10. The summed E-state index contributed by atoms with van der Waals surface area (Å²) in [6.07, 6.45) is 0. The monoisotopic (exact) mass is 325 g/mol. The third kappa shape index (κ3) is 5.42. The van der Waals surface area contributed by atoms with Crippen LogP contribution < -0.4 is 10.6 Å². The van der Waals surface area contributed by atoms with E-state index in [0.717, 1.165) is 0 Å². The minimum absolute atomic E-state index is 0.127. The van der Waals surface area contributed by atoms with Gasteiger partial charge in [-0.15, -0.1) is 11.3 Å². The highest BCUT2D eigenvalue weighted by atomic mass is 32.1. The topological polar surface area (TPSA) is 61.4 Å². The normalized spacial score (nSPS) is 14.5. The maximum Gasteiger partial charge on any atom is 0.242 e. The predicted molar refractivity (Wildman–Crippen MR) is 90.8 cm³/mol. The van der Waals surface area contributed by atoms with Gasteiger partial charge in [-0.2, -0.15) is 0 Å². The molecule has 0 bridgehead atoms. The number of nitrogens with one attached hydrogen (secondary N) is 2. The quantitative estimate of drug-likeness (QED) is 0.841. The molecule has 124 valence electrons. The summed E-state index contributed by atoms with van der Waals surface area (Å²) in [4.78, 5) is 27.4. The molecule has 0 aliphatic heterocycles. The van der Waals surface area contributed by atoms with Gasteiger partial charge >= 0.3 is 0 Å². The maximum atomic E-state index is 12.2. The number of rotatable bonds is 6. The molecule has 2 N–H and O–H groups in total. The average molecular weight is 325 g/mol. The van der Waals surface area contributed by atoms with E-state index in [1.54, 1.807) is 18.3 Å². The zero-order valence-corrected chi connectivity index (χ0v) is 15.1. The lowest BCUT2D eigenvalue weighted by molar-refractivity contribution is -0.133. The second-order valence-corrected chi connectivity index (χ2v) is 7.66. The summed E-state index contributed by atoms with van der Waals surface area (Å²) in [5.41, 5.74) is -0.502. The molecule has 0 spiro atoms. The standard InChI is InChI=1S/C16H27N3O2S/c1-11(18-15(21)16(2,3)4)14(20)17-10-12(19(5)6)13-8-7-9-22-13/h7-9,11-12H,10H2,1-6H3,(H,17,20)(H,18,21). The number of hydrogen-bond acceptors (Lipinski definition) is 4. The Morgan fingerprint density at radius 3 is 2.41 bits per heavy atom. The van der Waals surface area contributed by atoms with Gasteiger partial charge in [0, 0.05) is 16.8 Å². The molecule has 1 rings (SSSR count). The third-order valence-electron chi connectivity index (χ3n) is 3.39. The number of nitrogens with zero attached hydrogens (tertiary/aromatic N) is 1. The molecule has 0 aliphatic carbocycles. The molecule has 6 heteroatoms. The molecule has 0 saturated heterocycles. The summed E-state index contributed by atoms with van der Waals surface area (Å²) in [5, 5.41) is 7.69. The lowest BCUT2D eigenvalue weighted by Gasteiger charge is -2.25. The average Bonchev–Trinajstić information content (AvgIpc) is 2.90. The Bertz CT molecular complexity index is 492. The minimum Gasteiger partial charge on any atom is -0.352 e. The van der Waals surface area contributed by atoms with E-state index in [4.69, 9.17) is 0 Å². The molecule has 0 fully saturated rings. The Kier molecular flexibility index (Phi) is 6.56. The van der Waals surface area contributed by atoms with Gasteiger partial charge in [0.05, 0.1) is 6.04 Å². The lowest BCUT2D eigenvalue weighted by Crippen LogP contribution is -2.49. The zero-order valence-electron chi connectivity index (χ0n) is 14.3. The van der Waals surface area contributed by atoms with Crippen molar-refractivity contribution in [2.45, 2.75) is 39.8 Å². The van der Waals surface area contributed by atoms with Crippen LogP contribution in [-0.2, 0) is 9.59 Å². The van der Waals surface area contributed by atoms with Crippen molar-refractivity contribution in [3.05, 3.63) is 22.4 Å². The zero-order chi connectivity index (χ0) is 16.9. The molecular weight excluding hydrogens is 298 g/mol. The van der Waals surface area contributed by atoms with Crippen molar-refractivity contribution >= 4 is 23.2 Å². The largest absolute Gasteiger partial charge is 0.352 e. The molecule has 0 aliphatic rings. The smallest absolute Gasteiger partial charge is 0.242 e. The van der Waals surface area contributed by atoms with Crippen LogP contribution in [0.3, 0.4) is 0 Å². The molecular formula is C16H27N3O2S. The van der Waals surface area contributed by atoms with E-state index in [1.165, 1.54) is 4.88 Å². The molecule has 2 atom stereocenters. The molecule has 0 aromatic carbocycles. The van der Waals surface area contributed by atoms with Gasteiger partial charge in [0.2, 0.25) is 11.8 Å². The fourth-order valence-corrected chi connectivity index (χ4v) is 2.77. The van der Waals surface area contributed by atoms with Gasteiger partial charge < -0.3 is 15.5 Å². The Morgan fingerprint density at radius 1 is 1.32 bits per heavy atom. The fourth-order valence-electron chi connectivity index (χ4n) is 1.85. The molecule has 2 amide bonds. The van der Waals surface area contributed by atoms with Gasteiger partial charge in [0.15, 0.2) is 0 Å². The summed E-state index contributed by atoms with van der Waals surface area (Å²) < 4.78 is 0.